The average molecular weight is 404 g/mol. The second-order valence-corrected chi connectivity index (χ2v) is 8.61. The molecule has 0 spiro atoms. The summed E-state index contributed by atoms with van der Waals surface area (Å²) in [4.78, 5) is 30.3. The van der Waals surface area contributed by atoms with E-state index in [-0.39, 0.29) is 11.7 Å². The van der Waals surface area contributed by atoms with Crippen LogP contribution in [-0.4, -0.2) is 41.3 Å². The molecule has 2 aromatic rings. The zero-order chi connectivity index (χ0) is 19.0. The van der Waals surface area contributed by atoms with Crippen molar-refractivity contribution in [2.45, 2.75) is 26.2 Å². The highest BCUT2D eigenvalue weighted by Crippen LogP contribution is 2.31. The molecule has 0 bridgehead atoms. The number of amides is 1. The molecular formula is C20H22ClN3O2S. The van der Waals surface area contributed by atoms with E-state index in [9.17, 15) is 9.59 Å². The van der Waals surface area contributed by atoms with E-state index in [0.717, 1.165) is 54.4 Å². The summed E-state index contributed by atoms with van der Waals surface area (Å²) in [7, 11) is 0. The Morgan fingerprint density at radius 1 is 1.26 bits per heavy atom. The first-order valence-corrected chi connectivity index (χ1v) is 10.8. The van der Waals surface area contributed by atoms with Gasteiger partial charge in [0.2, 0.25) is 0 Å². The van der Waals surface area contributed by atoms with Gasteiger partial charge in [-0.1, -0.05) is 11.6 Å². The number of H-pyrrole nitrogens is 1. The van der Waals surface area contributed by atoms with E-state index in [1.54, 1.807) is 6.07 Å². The summed E-state index contributed by atoms with van der Waals surface area (Å²) < 4.78 is 0. The molecule has 2 N–H and O–H groups in total. The zero-order valence-electron chi connectivity index (χ0n) is 15.2. The fourth-order valence-corrected chi connectivity index (χ4v) is 5.04. The molecule has 1 saturated heterocycles. The van der Waals surface area contributed by atoms with Crippen LogP contribution in [0.3, 0.4) is 0 Å². The number of carbonyl (C=O) groups is 2. The normalized spacial score (nSPS) is 17.0. The summed E-state index contributed by atoms with van der Waals surface area (Å²) in [5.74, 6) is 2.08. The summed E-state index contributed by atoms with van der Waals surface area (Å²) in [6.07, 6.45) is 2.20. The third kappa shape index (κ3) is 3.60. The SMILES string of the molecule is Cc1c(C(=O)Nc2ccc(N3CCSCC3)c(Cl)c2)[nH]c2c1C(=O)CCC2. The van der Waals surface area contributed by atoms with Gasteiger partial charge >= 0.3 is 0 Å². The van der Waals surface area contributed by atoms with Crippen LogP contribution >= 0.6 is 23.4 Å². The van der Waals surface area contributed by atoms with Gasteiger partial charge in [-0.15, -0.1) is 0 Å². The number of fused-ring (bicyclic) bond motifs is 1. The number of hydrogen-bond donors (Lipinski definition) is 2. The van der Waals surface area contributed by atoms with Gasteiger partial charge in [0.05, 0.1) is 10.7 Å². The first-order valence-electron chi connectivity index (χ1n) is 9.23. The van der Waals surface area contributed by atoms with Gasteiger partial charge in [0, 0.05) is 48.0 Å². The molecule has 27 heavy (non-hydrogen) atoms. The largest absolute Gasteiger partial charge is 0.369 e. The average Bonchev–Trinajstić information content (AvgIpc) is 3.01. The molecule has 0 saturated carbocycles. The van der Waals surface area contributed by atoms with E-state index in [2.05, 4.69) is 15.2 Å². The summed E-state index contributed by atoms with van der Waals surface area (Å²) in [5, 5.41) is 3.54. The van der Waals surface area contributed by atoms with E-state index in [0.29, 0.717) is 28.4 Å². The van der Waals surface area contributed by atoms with Crippen molar-refractivity contribution >= 4 is 46.4 Å². The third-order valence-corrected chi connectivity index (χ3v) is 6.47. The monoisotopic (exact) mass is 403 g/mol. The van der Waals surface area contributed by atoms with Gasteiger partial charge in [-0.05, 0) is 43.5 Å². The van der Waals surface area contributed by atoms with Gasteiger partial charge in [-0.2, -0.15) is 11.8 Å². The number of thioether (sulfide) groups is 1. The minimum Gasteiger partial charge on any atom is -0.369 e. The van der Waals surface area contributed by atoms with Crippen molar-refractivity contribution in [3.8, 4) is 0 Å². The van der Waals surface area contributed by atoms with Crippen LogP contribution in [0.2, 0.25) is 5.02 Å². The molecule has 142 valence electrons. The Morgan fingerprint density at radius 2 is 2.04 bits per heavy atom. The van der Waals surface area contributed by atoms with Crippen molar-refractivity contribution in [2.75, 3.05) is 34.8 Å². The van der Waals surface area contributed by atoms with E-state index in [4.69, 9.17) is 11.6 Å². The fraction of sp³-hybridized carbons (Fsp3) is 0.400. The zero-order valence-corrected chi connectivity index (χ0v) is 16.8. The van der Waals surface area contributed by atoms with Gasteiger partial charge in [0.1, 0.15) is 5.69 Å². The van der Waals surface area contributed by atoms with Crippen LogP contribution < -0.4 is 10.2 Å². The number of Topliss-reactive ketones (excluding diaryl/α,β-unsaturated/α-hetero) is 1. The minimum absolute atomic E-state index is 0.121. The molecular weight excluding hydrogens is 382 g/mol. The maximum atomic E-state index is 12.7. The highest BCUT2D eigenvalue weighted by Gasteiger charge is 2.26. The van der Waals surface area contributed by atoms with Crippen LogP contribution in [0, 0.1) is 6.92 Å². The topological polar surface area (TPSA) is 65.2 Å². The number of aromatic amines is 1. The van der Waals surface area contributed by atoms with Crippen LogP contribution in [0.25, 0.3) is 0 Å². The lowest BCUT2D eigenvalue weighted by Crippen LogP contribution is -2.32. The number of nitrogens with one attached hydrogen (secondary N) is 2. The molecule has 5 nitrogen and oxygen atoms in total. The number of aryl methyl sites for hydroxylation is 1. The van der Waals surface area contributed by atoms with Gasteiger partial charge in [0.15, 0.2) is 5.78 Å². The van der Waals surface area contributed by atoms with Crippen LogP contribution in [0.1, 0.15) is 44.9 Å². The predicted octanol–water partition coefficient (Wildman–Crippen LogP) is 4.30. The number of nitrogens with zero attached hydrogens (tertiary/aromatic N) is 1. The second kappa shape index (κ2) is 7.60. The summed E-state index contributed by atoms with van der Waals surface area (Å²) in [6, 6.07) is 5.63. The molecule has 4 rings (SSSR count). The van der Waals surface area contributed by atoms with Crippen molar-refractivity contribution < 1.29 is 9.59 Å². The van der Waals surface area contributed by atoms with Crippen molar-refractivity contribution in [3.63, 3.8) is 0 Å². The first kappa shape index (κ1) is 18.4. The first-order chi connectivity index (χ1) is 13.0. The van der Waals surface area contributed by atoms with E-state index in [1.165, 1.54) is 0 Å². The number of anilines is 2. The molecule has 2 heterocycles. The summed E-state index contributed by atoms with van der Waals surface area (Å²) >= 11 is 8.42. The standard InChI is InChI=1S/C20H22ClN3O2S/c1-12-18-15(3-2-4-17(18)25)23-19(12)20(26)22-13-5-6-16(14(21)11-13)24-7-9-27-10-8-24/h5-6,11,23H,2-4,7-10H2,1H3,(H,22,26). The molecule has 1 aliphatic carbocycles. The molecule has 0 radical (unpaired) electrons. The molecule has 0 atom stereocenters. The molecule has 1 aromatic carbocycles. The minimum atomic E-state index is -0.243. The smallest absolute Gasteiger partial charge is 0.272 e. The molecule has 1 aromatic heterocycles. The van der Waals surface area contributed by atoms with Crippen molar-refractivity contribution in [2.24, 2.45) is 0 Å². The maximum absolute atomic E-state index is 12.7. The summed E-state index contributed by atoms with van der Waals surface area (Å²) in [5.41, 5.74) is 4.43. The lowest BCUT2D eigenvalue weighted by Gasteiger charge is -2.29. The van der Waals surface area contributed by atoms with Crippen LogP contribution in [0.5, 0.6) is 0 Å². The highest BCUT2D eigenvalue weighted by molar-refractivity contribution is 7.99. The Labute approximate surface area is 167 Å². The Hall–Kier alpha value is -1.92. The lowest BCUT2D eigenvalue weighted by molar-refractivity contribution is 0.0971. The fourth-order valence-electron chi connectivity index (χ4n) is 3.84. The van der Waals surface area contributed by atoms with Crippen molar-refractivity contribution in [3.05, 3.63) is 45.7 Å². The van der Waals surface area contributed by atoms with Gasteiger partial charge in [0.25, 0.3) is 5.91 Å². The Bertz CT molecular complexity index is 903. The maximum Gasteiger partial charge on any atom is 0.272 e. The van der Waals surface area contributed by atoms with Crippen molar-refractivity contribution in [1.29, 1.82) is 0 Å². The highest BCUT2D eigenvalue weighted by atomic mass is 35.5. The molecule has 1 aliphatic heterocycles. The quantitative estimate of drug-likeness (QED) is 0.801. The van der Waals surface area contributed by atoms with Crippen LogP contribution in [0.15, 0.2) is 18.2 Å². The number of aromatic nitrogens is 1. The number of rotatable bonds is 3. The Morgan fingerprint density at radius 3 is 2.74 bits per heavy atom. The number of ketones is 1. The van der Waals surface area contributed by atoms with Gasteiger partial charge in [-0.3, -0.25) is 9.59 Å². The van der Waals surface area contributed by atoms with Crippen molar-refractivity contribution in [1.82, 2.24) is 4.98 Å². The Kier molecular flexibility index (Phi) is 5.19. The number of benzene rings is 1. The van der Waals surface area contributed by atoms with Crippen LogP contribution in [0.4, 0.5) is 11.4 Å². The molecule has 1 fully saturated rings. The van der Waals surface area contributed by atoms with Gasteiger partial charge in [-0.25, -0.2) is 0 Å². The predicted molar refractivity (Wildman–Crippen MR) is 112 cm³/mol. The van der Waals surface area contributed by atoms with E-state index < -0.39 is 0 Å². The molecule has 1 amide bonds. The molecule has 7 heteroatoms. The third-order valence-electron chi connectivity index (χ3n) is 5.22. The molecule has 0 unspecified atom stereocenters. The van der Waals surface area contributed by atoms with Crippen LogP contribution in [-0.2, 0) is 6.42 Å². The Balaban J connectivity index is 1.53. The summed E-state index contributed by atoms with van der Waals surface area (Å²) in [6.45, 7) is 3.80. The van der Waals surface area contributed by atoms with E-state index >= 15 is 0 Å². The number of hydrogen-bond acceptors (Lipinski definition) is 4. The van der Waals surface area contributed by atoms with E-state index in [1.807, 2.05) is 30.8 Å². The second-order valence-electron chi connectivity index (χ2n) is 6.98. The number of carbonyl (C=O) groups excluding carboxylic acids is 2. The lowest BCUT2D eigenvalue weighted by atomic mass is 9.94. The van der Waals surface area contributed by atoms with Gasteiger partial charge < -0.3 is 15.2 Å². The molecule has 2 aliphatic rings. The number of halogens is 1.